The van der Waals surface area contributed by atoms with E-state index < -0.39 is 41.6 Å². The Morgan fingerprint density at radius 2 is 2.05 bits per heavy atom. The molecule has 3 rings (SSSR count). The Labute approximate surface area is 127 Å². The average molecular weight is 363 g/mol. The van der Waals surface area contributed by atoms with Crippen molar-refractivity contribution in [2.75, 3.05) is 6.61 Å². The first kappa shape index (κ1) is 14.9. The Bertz CT molecular complexity index is 668. The third kappa shape index (κ3) is 2.49. The molecule has 0 spiro atoms. The monoisotopic (exact) mass is 362 g/mol. The number of rotatable bonds is 2. The molecule has 0 saturated carbocycles. The van der Waals surface area contributed by atoms with Crippen molar-refractivity contribution >= 4 is 15.9 Å². The molecule has 8 nitrogen and oxygen atoms in total. The summed E-state index contributed by atoms with van der Waals surface area (Å²) < 4.78 is 18.6. The molecule has 116 valence electrons. The van der Waals surface area contributed by atoms with E-state index in [0.717, 1.165) is 0 Å². The first-order valence-electron chi connectivity index (χ1n) is 6.45. The van der Waals surface area contributed by atoms with Crippen LogP contribution in [0.2, 0.25) is 0 Å². The molecule has 0 aliphatic carbocycles. The lowest BCUT2D eigenvalue weighted by Gasteiger charge is -2.24. The van der Waals surface area contributed by atoms with Gasteiger partial charge in [0.05, 0.1) is 11.1 Å². The standard InChI is InChI=1S/C12H15BrN2O6/c1-12(2)20-7-6(4-16)19-10(8(7)21-12)15-3-5(13)9(17)14-11(15)18/h3,6-8,10,16H,4H2,1-2H3,(H,14,17,18). The molecule has 2 N–H and O–H groups in total. The summed E-state index contributed by atoms with van der Waals surface area (Å²) in [6, 6.07) is 0. The normalized spacial score (nSPS) is 34.1. The quantitative estimate of drug-likeness (QED) is 0.749. The molecule has 0 bridgehead atoms. The number of halogens is 1. The van der Waals surface area contributed by atoms with Crippen molar-refractivity contribution in [2.45, 2.75) is 44.2 Å². The van der Waals surface area contributed by atoms with Crippen LogP contribution in [0.4, 0.5) is 0 Å². The van der Waals surface area contributed by atoms with Gasteiger partial charge in [-0.2, -0.15) is 0 Å². The van der Waals surface area contributed by atoms with Crippen molar-refractivity contribution in [3.05, 3.63) is 31.5 Å². The van der Waals surface area contributed by atoms with Gasteiger partial charge in [-0.15, -0.1) is 0 Å². The Morgan fingerprint density at radius 3 is 2.71 bits per heavy atom. The van der Waals surface area contributed by atoms with Gasteiger partial charge >= 0.3 is 5.69 Å². The minimum atomic E-state index is -0.826. The number of fused-ring (bicyclic) bond motifs is 1. The summed E-state index contributed by atoms with van der Waals surface area (Å²) in [5.74, 6) is -0.826. The summed E-state index contributed by atoms with van der Waals surface area (Å²) in [7, 11) is 0. The van der Waals surface area contributed by atoms with Crippen molar-refractivity contribution in [3.63, 3.8) is 0 Å². The Balaban J connectivity index is 2.01. The first-order chi connectivity index (χ1) is 9.82. The lowest BCUT2D eigenvalue weighted by molar-refractivity contribution is -0.200. The maximum absolute atomic E-state index is 12.0. The average Bonchev–Trinajstić information content (AvgIpc) is 2.87. The van der Waals surface area contributed by atoms with E-state index in [1.54, 1.807) is 13.8 Å². The molecule has 9 heteroatoms. The van der Waals surface area contributed by atoms with Crippen LogP contribution >= 0.6 is 15.9 Å². The van der Waals surface area contributed by atoms with Crippen LogP contribution in [0.25, 0.3) is 0 Å². The number of nitrogens with one attached hydrogen (secondary N) is 1. The molecule has 2 aliphatic heterocycles. The van der Waals surface area contributed by atoms with Gasteiger partial charge in [0.1, 0.15) is 18.3 Å². The van der Waals surface area contributed by atoms with E-state index in [0.29, 0.717) is 0 Å². The highest BCUT2D eigenvalue weighted by Crippen LogP contribution is 2.42. The number of nitrogens with zero attached hydrogens (tertiary/aromatic N) is 1. The first-order valence-corrected chi connectivity index (χ1v) is 7.24. The Morgan fingerprint density at radius 1 is 1.38 bits per heavy atom. The highest BCUT2D eigenvalue weighted by molar-refractivity contribution is 9.10. The number of hydrogen-bond donors (Lipinski definition) is 2. The zero-order valence-corrected chi connectivity index (χ0v) is 13.0. The Hall–Kier alpha value is -1.00. The highest BCUT2D eigenvalue weighted by Gasteiger charge is 2.55. The lowest BCUT2D eigenvalue weighted by Crippen LogP contribution is -2.37. The summed E-state index contributed by atoms with van der Waals surface area (Å²) in [5, 5.41) is 9.40. The molecular weight excluding hydrogens is 348 g/mol. The van der Waals surface area contributed by atoms with Crippen molar-refractivity contribution in [3.8, 4) is 0 Å². The second-order valence-corrected chi connectivity index (χ2v) is 6.31. The molecule has 2 saturated heterocycles. The van der Waals surface area contributed by atoms with Crippen LogP contribution in [0.3, 0.4) is 0 Å². The van der Waals surface area contributed by atoms with Gasteiger partial charge in [-0.1, -0.05) is 0 Å². The molecule has 21 heavy (non-hydrogen) atoms. The number of H-pyrrole nitrogens is 1. The zero-order chi connectivity index (χ0) is 15.4. The molecule has 1 aromatic heterocycles. The fraction of sp³-hybridized carbons (Fsp3) is 0.667. The molecule has 0 radical (unpaired) electrons. The van der Waals surface area contributed by atoms with Crippen LogP contribution < -0.4 is 11.2 Å². The van der Waals surface area contributed by atoms with Gasteiger partial charge in [-0.3, -0.25) is 14.3 Å². The third-order valence-electron chi connectivity index (χ3n) is 3.50. The van der Waals surface area contributed by atoms with E-state index in [1.807, 2.05) is 0 Å². The summed E-state index contributed by atoms with van der Waals surface area (Å²) in [6.45, 7) is 3.25. The van der Waals surface area contributed by atoms with Crippen LogP contribution in [0.1, 0.15) is 20.1 Å². The van der Waals surface area contributed by atoms with Crippen molar-refractivity contribution < 1.29 is 19.3 Å². The number of aromatic amines is 1. The van der Waals surface area contributed by atoms with Gasteiger partial charge in [-0.05, 0) is 29.8 Å². The van der Waals surface area contributed by atoms with Crippen LogP contribution in [0, 0.1) is 0 Å². The number of hydrogen-bond acceptors (Lipinski definition) is 6. The van der Waals surface area contributed by atoms with Gasteiger partial charge in [0.25, 0.3) is 5.56 Å². The second kappa shape index (κ2) is 5.03. The molecule has 2 fully saturated rings. The topological polar surface area (TPSA) is 103 Å². The molecule has 0 amide bonds. The predicted octanol–water partition coefficient (Wildman–Crippen LogP) is -0.291. The summed E-state index contributed by atoms with van der Waals surface area (Å²) >= 11 is 3.07. The van der Waals surface area contributed by atoms with E-state index in [1.165, 1.54) is 10.8 Å². The number of ether oxygens (including phenoxy) is 3. The SMILES string of the molecule is CC1(C)OC2C(CO)OC(n3cc(Br)c(=O)[nH]c3=O)C2O1. The second-order valence-electron chi connectivity index (χ2n) is 5.46. The van der Waals surface area contributed by atoms with E-state index in [4.69, 9.17) is 14.2 Å². The van der Waals surface area contributed by atoms with Crippen LogP contribution in [-0.4, -0.2) is 45.4 Å². The lowest BCUT2D eigenvalue weighted by atomic mass is 10.1. The fourth-order valence-corrected chi connectivity index (χ4v) is 3.00. The molecule has 0 aromatic carbocycles. The number of aromatic nitrogens is 2. The molecule has 2 aliphatic rings. The molecule has 1 aromatic rings. The van der Waals surface area contributed by atoms with E-state index >= 15 is 0 Å². The van der Waals surface area contributed by atoms with Crippen LogP contribution in [-0.2, 0) is 14.2 Å². The van der Waals surface area contributed by atoms with Gasteiger partial charge in [0, 0.05) is 6.20 Å². The summed E-state index contributed by atoms with van der Waals surface area (Å²) in [6.07, 6.45) is -1.06. The molecule has 4 atom stereocenters. The maximum Gasteiger partial charge on any atom is 0.330 e. The van der Waals surface area contributed by atoms with Gasteiger partial charge in [-0.25, -0.2) is 4.79 Å². The summed E-state index contributed by atoms with van der Waals surface area (Å²) in [5.41, 5.74) is -1.13. The van der Waals surface area contributed by atoms with Gasteiger partial charge < -0.3 is 19.3 Å². The third-order valence-corrected chi connectivity index (χ3v) is 4.07. The van der Waals surface area contributed by atoms with Crippen molar-refractivity contribution in [1.82, 2.24) is 9.55 Å². The highest BCUT2D eigenvalue weighted by atomic mass is 79.9. The predicted molar refractivity (Wildman–Crippen MR) is 73.8 cm³/mol. The minimum Gasteiger partial charge on any atom is -0.394 e. The van der Waals surface area contributed by atoms with E-state index in [9.17, 15) is 14.7 Å². The van der Waals surface area contributed by atoms with Crippen molar-refractivity contribution in [2.24, 2.45) is 0 Å². The molecule has 4 unspecified atom stereocenters. The molecule has 3 heterocycles. The largest absolute Gasteiger partial charge is 0.394 e. The van der Waals surface area contributed by atoms with Gasteiger partial charge in [0.2, 0.25) is 0 Å². The van der Waals surface area contributed by atoms with Crippen LogP contribution in [0.5, 0.6) is 0 Å². The fourth-order valence-electron chi connectivity index (χ4n) is 2.68. The minimum absolute atomic E-state index is 0.202. The zero-order valence-electron chi connectivity index (χ0n) is 11.4. The summed E-state index contributed by atoms with van der Waals surface area (Å²) in [4.78, 5) is 25.6. The maximum atomic E-state index is 12.0. The smallest absolute Gasteiger partial charge is 0.330 e. The Kier molecular flexibility index (Phi) is 3.57. The number of aliphatic hydroxyl groups excluding tert-OH is 1. The number of aliphatic hydroxyl groups is 1. The van der Waals surface area contributed by atoms with E-state index in [2.05, 4.69) is 20.9 Å². The molecular formula is C12H15BrN2O6. The van der Waals surface area contributed by atoms with E-state index in [-0.39, 0.29) is 11.1 Å². The van der Waals surface area contributed by atoms with Crippen LogP contribution in [0.15, 0.2) is 20.3 Å². The van der Waals surface area contributed by atoms with Gasteiger partial charge in [0.15, 0.2) is 12.0 Å². The van der Waals surface area contributed by atoms with Crippen molar-refractivity contribution in [1.29, 1.82) is 0 Å².